The van der Waals surface area contributed by atoms with Gasteiger partial charge in [-0.05, 0) is 25.8 Å². The van der Waals surface area contributed by atoms with E-state index in [-0.39, 0.29) is 0 Å². The van der Waals surface area contributed by atoms with Crippen molar-refractivity contribution in [2.45, 2.75) is 40.0 Å². The number of nitrogens with two attached hydrogens (primary N) is 1. The third-order valence-corrected chi connectivity index (χ3v) is 3.35. The molecular weight excluding hydrogens is 244 g/mol. The van der Waals surface area contributed by atoms with Crippen molar-refractivity contribution in [3.63, 3.8) is 0 Å². The molecule has 0 atom stereocenters. The SMILES string of the molecule is CCCCCN(C)c1nnc(C)c(C)c1C(N)=S. The first-order chi connectivity index (χ1) is 8.49. The molecule has 0 saturated heterocycles. The van der Waals surface area contributed by atoms with Crippen LogP contribution in [0.3, 0.4) is 0 Å². The highest BCUT2D eigenvalue weighted by Crippen LogP contribution is 2.21. The molecular formula is C13H22N4S. The van der Waals surface area contributed by atoms with Crippen LogP contribution in [0.25, 0.3) is 0 Å². The van der Waals surface area contributed by atoms with Crippen molar-refractivity contribution in [1.82, 2.24) is 10.2 Å². The predicted molar refractivity (Wildman–Crippen MR) is 80.2 cm³/mol. The van der Waals surface area contributed by atoms with Gasteiger partial charge in [-0.2, -0.15) is 5.10 Å². The average molecular weight is 266 g/mol. The fourth-order valence-electron chi connectivity index (χ4n) is 1.86. The summed E-state index contributed by atoms with van der Waals surface area (Å²) in [6.45, 7) is 7.05. The second-order valence-electron chi connectivity index (χ2n) is 4.60. The summed E-state index contributed by atoms with van der Waals surface area (Å²) < 4.78 is 0. The average Bonchev–Trinajstić information content (AvgIpc) is 2.32. The molecule has 0 saturated carbocycles. The quantitative estimate of drug-likeness (QED) is 0.633. The standard InChI is InChI=1S/C13H22N4S/c1-5-6-7-8-17(4)13-11(12(14)18)9(2)10(3)15-16-13/h5-8H2,1-4H3,(H2,14,18). The topological polar surface area (TPSA) is 55.0 Å². The molecule has 4 nitrogen and oxygen atoms in total. The monoisotopic (exact) mass is 266 g/mol. The number of anilines is 1. The highest BCUT2D eigenvalue weighted by Gasteiger charge is 2.16. The first kappa shape index (κ1) is 14.8. The maximum absolute atomic E-state index is 5.81. The van der Waals surface area contributed by atoms with Crippen LogP contribution in [0.1, 0.15) is 43.0 Å². The van der Waals surface area contributed by atoms with Gasteiger partial charge in [-0.15, -0.1) is 5.10 Å². The maximum Gasteiger partial charge on any atom is 0.161 e. The summed E-state index contributed by atoms with van der Waals surface area (Å²) in [4.78, 5) is 2.48. The van der Waals surface area contributed by atoms with Crippen LogP contribution in [0, 0.1) is 13.8 Å². The molecule has 0 aliphatic heterocycles. The largest absolute Gasteiger partial charge is 0.389 e. The zero-order valence-corrected chi connectivity index (χ0v) is 12.5. The van der Waals surface area contributed by atoms with Crippen molar-refractivity contribution in [1.29, 1.82) is 0 Å². The number of rotatable bonds is 6. The lowest BCUT2D eigenvalue weighted by molar-refractivity contribution is 0.697. The fourth-order valence-corrected chi connectivity index (χ4v) is 2.11. The Morgan fingerprint density at radius 1 is 1.28 bits per heavy atom. The summed E-state index contributed by atoms with van der Waals surface area (Å²) in [6.07, 6.45) is 3.55. The van der Waals surface area contributed by atoms with Crippen LogP contribution < -0.4 is 10.6 Å². The van der Waals surface area contributed by atoms with Crippen LogP contribution in [0.2, 0.25) is 0 Å². The molecule has 0 aliphatic carbocycles. The zero-order chi connectivity index (χ0) is 13.7. The van der Waals surface area contributed by atoms with Gasteiger partial charge >= 0.3 is 0 Å². The third-order valence-electron chi connectivity index (χ3n) is 3.14. The number of nitrogens with zero attached hydrogens (tertiary/aromatic N) is 3. The number of hydrogen-bond donors (Lipinski definition) is 1. The Bertz CT molecular complexity index is 431. The second-order valence-corrected chi connectivity index (χ2v) is 5.04. The summed E-state index contributed by atoms with van der Waals surface area (Å²) >= 11 is 5.13. The Morgan fingerprint density at radius 2 is 1.94 bits per heavy atom. The lowest BCUT2D eigenvalue weighted by Crippen LogP contribution is -2.26. The van der Waals surface area contributed by atoms with E-state index in [1.165, 1.54) is 12.8 Å². The summed E-state index contributed by atoms with van der Waals surface area (Å²) in [7, 11) is 2.01. The van der Waals surface area contributed by atoms with Crippen molar-refractivity contribution < 1.29 is 0 Å². The van der Waals surface area contributed by atoms with Gasteiger partial charge in [0.1, 0.15) is 4.99 Å². The Kier molecular flexibility index (Phi) is 5.47. The van der Waals surface area contributed by atoms with Crippen LogP contribution in [-0.4, -0.2) is 28.8 Å². The molecule has 0 fully saturated rings. The van der Waals surface area contributed by atoms with E-state index in [4.69, 9.17) is 18.0 Å². The molecule has 5 heteroatoms. The van der Waals surface area contributed by atoms with E-state index in [9.17, 15) is 0 Å². The number of aromatic nitrogens is 2. The minimum atomic E-state index is 0.392. The Morgan fingerprint density at radius 3 is 2.50 bits per heavy atom. The molecule has 100 valence electrons. The third kappa shape index (κ3) is 3.38. The molecule has 2 N–H and O–H groups in total. The van der Waals surface area contributed by atoms with Crippen LogP contribution >= 0.6 is 12.2 Å². The van der Waals surface area contributed by atoms with Crippen LogP contribution in [0.5, 0.6) is 0 Å². The normalized spacial score (nSPS) is 10.4. The summed E-state index contributed by atoms with van der Waals surface area (Å²) in [6, 6.07) is 0. The molecule has 1 rings (SSSR count). The summed E-state index contributed by atoms with van der Waals surface area (Å²) in [5, 5.41) is 8.41. The van der Waals surface area contributed by atoms with E-state index in [1.54, 1.807) is 0 Å². The van der Waals surface area contributed by atoms with Crippen LogP contribution in [-0.2, 0) is 0 Å². The van der Waals surface area contributed by atoms with Crippen LogP contribution in [0.15, 0.2) is 0 Å². The maximum atomic E-state index is 5.81. The second kappa shape index (κ2) is 6.64. The number of aryl methyl sites for hydroxylation is 1. The van der Waals surface area contributed by atoms with Crippen molar-refractivity contribution in [3.05, 3.63) is 16.8 Å². The molecule has 0 unspecified atom stereocenters. The molecule has 0 radical (unpaired) electrons. The van der Waals surface area contributed by atoms with Crippen molar-refractivity contribution in [2.24, 2.45) is 5.73 Å². The number of unbranched alkanes of at least 4 members (excludes halogenated alkanes) is 2. The Labute approximate surface area is 115 Å². The number of hydrogen-bond acceptors (Lipinski definition) is 4. The molecule has 0 amide bonds. The van der Waals surface area contributed by atoms with E-state index in [0.29, 0.717) is 4.99 Å². The fraction of sp³-hybridized carbons (Fsp3) is 0.615. The van der Waals surface area contributed by atoms with E-state index in [1.807, 2.05) is 20.9 Å². The van der Waals surface area contributed by atoms with Gasteiger partial charge in [-0.25, -0.2) is 0 Å². The smallest absolute Gasteiger partial charge is 0.161 e. The Hall–Kier alpha value is -1.23. The summed E-state index contributed by atoms with van der Waals surface area (Å²) in [5.41, 5.74) is 8.57. The molecule has 18 heavy (non-hydrogen) atoms. The van der Waals surface area contributed by atoms with Crippen molar-refractivity contribution in [2.75, 3.05) is 18.5 Å². The van der Waals surface area contributed by atoms with Gasteiger partial charge in [-0.3, -0.25) is 0 Å². The zero-order valence-electron chi connectivity index (χ0n) is 11.7. The van der Waals surface area contributed by atoms with Crippen LogP contribution in [0.4, 0.5) is 5.82 Å². The van der Waals surface area contributed by atoms with Gasteiger partial charge in [0.15, 0.2) is 5.82 Å². The number of thiocarbonyl (C=S) groups is 1. The lowest BCUT2D eigenvalue weighted by atomic mass is 10.1. The molecule has 0 bridgehead atoms. The minimum Gasteiger partial charge on any atom is -0.389 e. The van der Waals surface area contributed by atoms with Gasteiger partial charge in [0.2, 0.25) is 0 Å². The molecule has 1 heterocycles. The predicted octanol–water partition coefficient (Wildman–Crippen LogP) is 2.35. The van der Waals surface area contributed by atoms with E-state index >= 15 is 0 Å². The molecule has 0 spiro atoms. The lowest BCUT2D eigenvalue weighted by Gasteiger charge is -2.21. The first-order valence-corrected chi connectivity index (χ1v) is 6.74. The molecule has 0 aromatic carbocycles. The molecule has 0 aliphatic rings. The van der Waals surface area contributed by atoms with Gasteiger partial charge < -0.3 is 10.6 Å². The Balaban J connectivity index is 3.01. The van der Waals surface area contributed by atoms with Gasteiger partial charge in [0.05, 0.1) is 11.3 Å². The summed E-state index contributed by atoms with van der Waals surface area (Å²) in [5.74, 6) is 0.793. The van der Waals surface area contributed by atoms with E-state index in [2.05, 4.69) is 22.0 Å². The van der Waals surface area contributed by atoms with Gasteiger partial charge in [-0.1, -0.05) is 32.0 Å². The van der Waals surface area contributed by atoms with E-state index < -0.39 is 0 Å². The van der Waals surface area contributed by atoms with E-state index in [0.717, 1.165) is 35.6 Å². The van der Waals surface area contributed by atoms with Crippen molar-refractivity contribution in [3.8, 4) is 0 Å². The first-order valence-electron chi connectivity index (χ1n) is 6.33. The highest BCUT2D eigenvalue weighted by atomic mass is 32.1. The van der Waals surface area contributed by atoms with Gasteiger partial charge in [0.25, 0.3) is 0 Å². The van der Waals surface area contributed by atoms with Gasteiger partial charge in [0, 0.05) is 13.6 Å². The highest BCUT2D eigenvalue weighted by molar-refractivity contribution is 7.80. The molecule has 1 aromatic rings. The molecule has 1 aromatic heterocycles. The van der Waals surface area contributed by atoms with Crippen molar-refractivity contribution >= 4 is 23.0 Å². The minimum absolute atomic E-state index is 0.392.